The fourth-order valence-electron chi connectivity index (χ4n) is 1.46. The van der Waals surface area contributed by atoms with Gasteiger partial charge < -0.3 is 4.74 Å². The van der Waals surface area contributed by atoms with Gasteiger partial charge in [-0.25, -0.2) is 4.98 Å². The second-order valence-electron chi connectivity index (χ2n) is 3.65. The molecule has 1 aromatic carbocycles. The van der Waals surface area contributed by atoms with Gasteiger partial charge in [0.25, 0.3) is 0 Å². The quantitative estimate of drug-likeness (QED) is 0.722. The van der Waals surface area contributed by atoms with E-state index in [4.69, 9.17) is 16.3 Å². The molecule has 0 aliphatic heterocycles. The number of halogens is 1. The molecule has 1 heterocycles. The van der Waals surface area contributed by atoms with Crippen molar-refractivity contribution in [3.63, 3.8) is 0 Å². The van der Waals surface area contributed by atoms with Crippen LogP contribution in [0.1, 0.15) is 13.8 Å². The molecular formula is C12H12ClNO. The van der Waals surface area contributed by atoms with Crippen molar-refractivity contribution >= 4 is 22.4 Å². The summed E-state index contributed by atoms with van der Waals surface area (Å²) in [6.45, 7) is 4.01. The van der Waals surface area contributed by atoms with Crippen LogP contribution in [-0.2, 0) is 0 Å². The minimum atomic E-state index is 0.180. The molecule has 0 unspecified atom stereocenters. The van der Waals surface area contributed by atoms with Gasteiger partial charge in [-0.1, -0.05) is 11.6 Å². The van der Waals surface area contributed by atoms with Gasteiger partial charge in [0.15, 0.2) is 0 Å². The van der Waals surface area contributed by atoms with Crippen molar-refractivity contribution in [2.45, 2.75) is 20.0 Å². The molecule has 2 rings (SSSR count). The summed E-state index contributed by atoms with van der Waals surface area (Å²) in [5.41, 5.74) is 0. The Hall–Kier alpha value is -1.28. The highest BCUT2D eigenvalue weighted by Crippen LogP contribution is 2.25. The summed E-state index contributed by atoms with van der Waals surface area (Å²) in [5.74, 6) is 0.861. The number of nitrogens with zero attached hydrogens (tertiary/aromatic N) is 1. The van der Waals surface area contributed by atoms with Crippen molar-refractivity contribution in [2.75, 3.05) is 0 Å². The van der Waals surface area contributed by atoms with Gasteiger partial charge in [0.05, 0.1) is 6.10 Å². The van der Waals surface area contributed by atoms with Crippen LogP contribution in [0.5, 0.6) is 5.75 Å². The number of fused-ring (bicyclic) bond motifs is 1. The highest BCUT2D eigenvalue weighted by Gasteiger charge is 2.02. The van der Waals surface area contributed by atoms with Gasteiger partial charge in [-0.15, -0.1) is 0 Å². The van der Waals surface area contributed by atoms with Crippen LogP contribution in [0.2, 0.25) is 5.15 Å². The highest BCUT2D eigenvalue weighted by molar-refractivity contribution is 6.34. The van der Waals surface area contributed by atoms with E-state index in [1.807, 2.05) is 38.1 Å². The molecule has 2 aromatic rings. The Labute approximate surface area is 93.8 Å². The molecule has 2 nitrogen and oxygen atoms in total. The van der Waals surface area contributed by atoms with E-state index in [1.54, 1.807) is 6.20 Å². The molecule has 0 radical (unpaired) electrons. The van der Waals surface area contributed by atoms with Gasteiger partial charge in [0.1, 0.15) is 10.9 Å². The van der Waals surface area contributed by atoms with Crippen molar-refractivity contribution in [1.82, 2.24) is 4.98 Å². The Bertz CT molecular complexity index is 482. The summed E-state index contributed by atoms with van der Waals surface area (Å²) in [5, 5.41) is 2.53. The number of aromatic nitrogens is 1. The van der Waals surface area contributed by atoms with Crippen molar-refractivity contribution in [2.24, 2.45) is 0 Å². The molecule has 0 spiro atoms. The SMILES string of the molecule is CC(C)Oc1ccc2c(Cl)nccc2c1. The lowest BCUT2D eigenvalue weighted by Crippen LogP contribution is -2.05. The molecular weight excluding hydrogens is 210 g/mol. The number of hydrogen-bond donors (Lipinski definition) is 0. The lowest BCUT2D eigenvalue weighted by atomic mass is 10.2. The van der Waals surface area contributed by atoms with Gasteiger partial charge >= 0.3 is 0 Å². The van der Waals surface area contributed by atoms with Crippen molar-refractivity contribution < 1.29 is 4.74 Å². The van der Waals surface area contributed by atoms with Crippen LogP contribution in [0.15, 0.2) is 30.5 Å². The first kappa shape index (κ1) is 10.2. The summed E-state index contributed by atoms with van der Waals surface area (Å²) < 4.78 is 5.60. The number of benzene rings is 1. The Balaban J connectivity index is 2.48. The normalized spacial score (nSPS) is 10.9. The average molecular weight is 222 g/mol. The Morgan fingerprint density at radius 3 is 2.80 bits per heavy atom. The molecule has 0 atom stereocenters. The highest BCUT2D eigenvalue weighted by atomic mass is 35.5. The fourth-order valence-corrected chi connectivity index (χ4v) is 1.69. The molecule has 78 valence electrons. The van der Waals surface area contributed by atoms with Crippen molar-refractivity contribution in [1.29, 1.82) is 0 Å². The maximum atomic E-state index is 5.96. The first-order valence-corrected chi connectivity index (χ1v) is 5.25. The third kappa shape index (κ3) is 2.21. The van der Waals surface area contributed by atoms with Crippen LogP contribution in [-0.4, -0.2) is 11.1 Å². The summed E-state index contributed by atoms with van der Waals surface area (Å²) in [6.07, 6.45) is 1.88. The Morgan fingerprint density at radius 2 is 2.07 bits per heavy atom. The minimum Gasteiger partial charge on any atom is -0.491 e. The lowest BCUT2D eigenvalue weighted by Gasteiger charge is -2.10. The zero-order valence-corrected chi connectivity index (χ0v) is 9.45. The van der Waals surface area contributed by atoms with E-state index in [1.165, 1.54) is 0 Å². The van der Waals surface area contributed by atoms with Crippen LogP contribution < -0.4 is 4.74 Å². The molecule has 1 aromatic heterocycles. The molecule has 0 saturated heterocycles. The van der Waals surface area contributed by atoms with E-state index in [0.717, 1.165) is 16.5 Å². The van der Waals surface area contributed by atoms with Crippen molar-refractivity contribution in [3.05, 3.63) is 35.6 Å². The Morgan fingerprint density at radius 1 is 1.27 bits per heavy atom. The zero-order chi connectivity index (χ0) is 10.8. The minimum absolute atomic E-state index is 0.180. The second kappa shape index (κ2) is 4.07. The van der Waals surface area contributed by atoms with E-state index in [9.17, 15) is 0 Å². The predicted molar refractivity (Wildman–Crippen MR) is 62.5 cm³/mol. The van der Waals surface area contributed by atoms with Crippen LogP contribution in [0.4, 0.5) is 0 Å². The van der Waals surface area contributed by atoms with E-state index >= 15 is 0 Å². The fraction of sp³-hybridized carbons (Fsp3) is 0.250. The van der Waals surface area contributed by atoms with Crippen LogP contribution in [0.3, 0.4) is 0 Å². The first-order chi connectivity index (χ1) is 7.16. The van der Waals surface area contributed by atoms with Gasteiger partial charge in [0, 0.05) is 11.6 Å². The zero-order valence-electron chi connectivity index (χ0n) is 8.70. The molecule has 0 N–H and O–H groups in total. The summed E-state index contributed by atoms with van der Waals surface area (Å²) >= 11 is 5.96. The van der Waals surface area contributed by atoms with Crippen LogP contribution >= 0.6 is 11.6 Å². The summed E-state index contributed by atoms with van der Waals surface area (Å²) in [6, 6.07) is 7.75. The number of pyridine rings is 1. The first-order valence-electron chi connectivity index (χ1n) is 4.88. The van der Waals surface area contributed by atoms with Crippen molar-refractivity contribution in [3.8, 4) is 5.75 Å². The standard InChI is InChI=1S/C12H12ClNO/c1-8(2)15-10-3-4-11-9(7-10)5-6-14-12(11)13/h3-8H,1-2H3. The van der Waals surface area contributed by atoms with E-state index in [2.05, 4.69) is 4.98 Å². The van der Waals surface area contributed by atoms with Gasteiger partial charge in [0.2, 0.25) is 0 Å². The summed E-state index contributed by atoms with van der Waals surface area (Å²) in [4.78, 5) is 4.02. The molecule has 0 fully saturated rings. The maximum Gasteiger partial charge on any atom is 0.136 e. The molecule has 0 amide bonds. The lowest BCUT2D eigenvalue weighted by molar-refractivity contribution is 0.243. The summed E-state index contributed by atoms with van der Waals surface area (Å²) in [7, 11) is 0. The van der Waals surface area contributed by atoms with Gasteiger partial charge in [-0.2, -0.15) is 0 Å². The van der Waals surface area contributed by atoms with Gasteiger partial charge in [-0.05, 0) is 43.5 Å². The van der Waals surface area contributed by atoms with E-state index < -0.39 is 0 Å². The molecule has 0 saturated carbocycles. The molecule has 3 heteroatoms. The molecule has 0 aliphatic carbocycles. The van der Waals surface area contributed by atoms with E-state index in [0.29, 0.717) is 5.15 Å². The number of ether oxygens (including phenoxy) is 1. The largest absolute Gasteiger partial charge is 0.491 e. The molecule has 15 heavy (non-hydrogen) atoms. The topological polar surface area (TPSA) is 22.1 Å². The van der Waals surface area contributed by atoms with Crippen LogP contribution in [0, 0.1) is 0 Å². The monoisotopic (exact) mass is 221 g/mol. The Kier molecular flexibility index (Phi) is 2.78. The van der Waals surface area contributed by atoms with Crippen LogP contribution in [0.25, 0.3) is 10.8 Å². The smallest absolute Gasteiger partial charge is 0.136 e. The molecule has 0 bridgehead atoms. The predicted octanol–water partition coefficient (Wildman–Crippen LogP) is 3.68. The number of hydrogen-bond acceptors (Lipinski definition) is 2. The third-order valence-corrected chi connectivity index (χ3v) is 2.36. The molecule has 0 aliphatic rings. The second-order valence-corrected chi connectivity index (χ2v) is 4.01. The number of rotatable bonds is 2. The van der Waals surface area contributed by atoms with E-state index in [-0.39, 0.29) is 6.10 Å². The maximum absolute atomic E-state index is 5.96. The average Bonchev–Trinajstić information content (AvgIpc) is 2.17. The third-order valence-electron chi connectivity index (χ3n) is 2.06. The van der Waals surface area contributed by atoms with Gasteiger partial charge in [-0.3, -0.25) is 0 Å².